The van der Waals surface area contributed by atoms with E-state index in [1.807, 2.05) is 49.4 Å². The summed E-state index contributed by atoms with van der Waals surface area (Å²) in [6.07, 6.45) is 1.70. The largest absolute Gasteiger partial charge is 0.482 e. The first-order chi connectivity index (χ1) is 13.4. The average Bonchev–Trinajstić information content (AvgIpc) is 2.70. The minimum Gasteiger partial charge on any atom is -0.482 e. The van der Waals surface area contributed by atoms with Crippen LogP contribution in [0.4, 0.5) is 0 Å². The van der Waals surface area contributed by atoms with Gasteiger partial charge in [0, 0.05) is 6.04 Å². The Bertz CT molecular complexity index is 741. The molecular weight excluding hydrogens is 354 g/mol. The van der Waals surface area contributed by atoms with Gasteiger partial charge in [-0.05, 0) is 48.9 Å². The Labute approximate surface area is 167 Å². The lowest BCUT2D eigenvalue weighted by atomic mass is 10.0. The summed E-state index contributed by atoms with van der Waals surface area (Å²) < 4.78 is 10.4. The van der Waals surface area contributed by atoms with Gasteiger partial charge in [0.2, 0.25) is 0 Å². The zero-order valence-corrected chi connectivity index (χ0v) is 16.8. The van der Waals surface area contributed by atoms with Crippen molar-refractivity contribution in [3.63, 3.8) is 0 Å². The Morgan fingerprint density at radius 2 is 1.61 bits per heavy atom. The molecule has 2 rings (SSSR count). The van der Waals surface area contributed by atoms with Crippen LogP contribution < -0.4 is 10.1 Å². The number of esters is 1. The lowest BCUT2D eigenvalue weighted by Crippen LogP contribution is -2.36. The van der Waals surface area contributed by atoms with E-state index in [0.29, 0.717) is 11.7 Å². The number of rotatable bonds is 10. The van der Waals surface area contributed by atoms with Gasteiger partial charge in [0.05, 0.1) is 0 Å². The molecule has 0 saturated heterocycles. The van der Waals surface area contributed by atoms with Crippen LogP contribution >= 0.6 is 0 Å². The van der Waals surface area contributed by atoms with Crippen molar-refractivity contribution in [2.75, 3.05) is 13.2 Å². The maximum Gasteiger partial charge on any atom is 0.344 e. The first-order valence-corrected chi connectivity index (χ1v) is 9.65. The Balaban J connectivity index is 1.62. The maximum absolute atomic E-state index is 11.9. The first kappa shape index (κ1) is 21.5. The van der Waals surface area contributed by atoms with Gasteiger partial charge in [-0.1, -0.05) is 56.3 Å². The zero-order chi connectivity index (χ0) is 20.4. The second-order valence-electron chi connectivity index (χ2n) is 7.17. The van der Waals surface area contributed by atoms with Crippen molar-refractivity contribution in [2.24, 2.45) is 0 Å². The molecule has 150 valence electrons. The van der Waals surface area contributed by atoms with Crippen LogP contribution in [-0.2, 0) is 20.7 Å². The molecule has 0 unspecified atom stereocenters. The average molecular weight is 383 g/mol. The van der Waals surface area contributed by atoms with Gasteiger partial charge in [0.15, 0.2) is 13.2 Å². The molecule has 1 N–H and O–H groups in total. The fourth-order valence-electron chi connectivity index (χ4n) is 2.70. The van der Waals surface area contributed by atoms with Crippen LogP contribution in [0.3, 0.4) is 0 Å². The summed E-state index contributed by atoms with van der Waals surface area (Å²) in [5.74, 6) is 0.156. The third kappa shape index (κ3) is 7.82. The monoisotopic (exact) mass is 383 g/mol. The van der Waals surface area contributed by atoms with Crippen LogP contribution in [0, 0.1) is 0 Å². The van der Waals surface area contributed by atoms with Crippen molar-refractivity contribution in [1.29, 1.82) is 0 Å². The number of benzene rings is 2. The first-order valence-electron chi connectivity index (χ1n) is 9.65. The van der Waals surface area contributed by atoms with Crippen molar-refractivity contribution < 1.29 is 19.1 Å². The molecule has 0 aromatic heterocycles. The van der Waals surface area contributed by atoms with Gasteiger partial charge in [0.25, 0.3) is 5.91 Å². The summed E-state index contributed by atoms with van der Waals surface area (Å²) in [6.45, 7) is 5.64. The molecule has 5 nitrogen and oxygen atoms in total. The van der Waals surface area contributed by atoms with Gasteiger partial charge in [-0.25, -0.2) is 4.79 Å². The second kappa shape index (κ2) is 11.1. The zero-order valence-electron chi connectivity index (χ0n) is 16.8. The molecule has 0 spiro atoms. The molecule has 2 aromatic rings. The highest BCUT2D eigenvalue weighted by molar-refractivity contribution is 5.81. The molecular formula is C23H29NO4. The minimum absolute atomic E-state index is 0.00197. The number of hydrogen-bond acceptors (Lipinski definition) is 4. The van der Waals surface area contributed by atoms with Crippen LogP contribution in [0.1, 0.15) is 44.2 Å². The highest BCUT2D eigenvalue weighted by atomic mass is 16.6. The number of ether oxygens (including phenoxy) is 2. The summed E-state index contributed by atoms with van der Waals surface area (Å²) in [4.78, 5) is 23.7. The van der Waals surface area contributed by atoms with Gasteiger partial charge in [-0.2, -0.15) is 0 Å². The normalized spacial score (nSPS) is 11.7. The second-order valence-corrected chi connectivity index (χ2v) is 7.17. The standard InChI is InChI=1S/C23H29NO4/c1-17(2)20-11-13-21(14-12-20)27-16-23(26)28-15-22(25)24-18(3)9-10-19-7-5-4-6-8-19/h4-8,11-14,17-18H,9-10,15-16H2,1-3H3,(H,24,25)/t18-/m1/s1. The third-order valence-electron chi connectivity index (χ3n) is 4.38. The molecule has 1 atom stereocenters. The van der Waals surface area contributed by atoms with Crippen LogP contribution in [0.15, 0.2) is 54.6 Å². The van der Waals surface area contributed by atoms with Crippen LogP contribution in [-0.4, -0.2) is 31.1 Å². The molecule has 0 fully saturated rings. The summed E-state index contributed by atoms with van der Waals surface area (Å²) >= 11 is 0. The Hall–Kier alpha value is -2.82. The van der Waals surface area contributed by atoms with E-state index in [1.165, 1.54) is 11.1 Å². The predicted molar refractivity (Wildman–Crippen MR) is 109 cm³/mol. The highest BCUT2D eigenvalue weighted by Crippen LogP contribution is 2.18. The summed E-state index contributed by atoms with van der Waals surface area (Å²) in [5, 5.41) is 2.84. The molecule has 0 aliphatic carbocycles. The molecule has 0 aliphatic heterocycles. The van der Waals surface area contributed by atoms with E-state index in [0.717, 1.165) is 12.8 Å². The van der Waals surface area contributed by atoms with Crippen LogP contribution in [0.25, 0.3) is 0 Å². The van der Waals surface area contributed by atoms with Crippen molar-refractivity contribution in [3.05, 3.63) is 65.7 Å². The number of carbonyl (C=O) groups is 2. The molecule has 2 aromatic carbocycles. The third-order valence-corrected chi connectivity index (χ3v) is 4.38. The molecule has 0 radical (unpaired) electrons. The molecule has 0 heterocycles. The smallest absolute Gasteiger partial charge is 0.344 e. The molecule has 28 heavy (non-hydrogen) atoms. The fourth-order valence-corrected chi connectivity index (χ4v) is 2.70. The fraction of sp³-hybridized carbons (Fsp3) is 0.391. The van der Waals surface area contributed by atoms with E-state index in [4.69, 9.17) is 9.47 Å². The predicted octanol–water partition coefficient (Wildman–Crippen LogP) is 3.87. The van der Waals surface area contributed by atoms with Crippen molar-refractivity contribution in [2.45, 2.75) is 45.6 Å². The van der Waals surface area contributed by atoms with Crippen molar-refractivity contribution in [1.82, 2.24) is 5.32 Å². The molecule has 0 bridgehead atoms. The Morgan fingerprint density at radius 3 is 2.25 bits per heavy atom. The summed E-state index contributed by atoms with van der Waals surface area (Å²) in [6, 6.07) is 17.7. The highest BCUT2D eigenvalue weighted by Gasteiger charge is 2.11. The van der Waals surface area contributed by atoms with Gasteiger partial charge in [-0.15, -0.1) is 0 Å². The van der Waals surface area contributed by atoms with E-state index in [-0.39, 0.29) is 25.2 Å². The lowest BCUT2D eigenvalue weighted by Gasteiger charge is -2.14. The SMILES string of the molecule is CC(C)c1ccc(OCC(=O)OCC(=O)N[C@H](C)CCc2ccccc2)cc1. The van der Waals surface area contributed by atoms with Crippen molar-refractivity contribution >= 4 is 11.9 Å². The van der Waals surface area contributed by atoms with Gasteiger partial charge in [-0.3, -0.25) is 4.79 Å². The summed E-state index contributed by atoms with van der Waals surface area (Å²) in [7, 11) is 0. The quantitative estimate of drug-likeness (QED) is 0.633. The topological polar surface area (TPSA) is 64.6 Å². The van der Waals surface area contributed by atoms with E-state index >= 15 is 0 Å². The Morgan fingerprint density at radius 1 is 0.929 bits per heavy atom. The maximum atomic E-state index is 11.9. The van der Waals surface area contributed by atoms with Gasteiger partial charge < -0.3 is 14.8 Å². The van der Waals surface area contributed by atoms with E-state index in [9.17, 15) is 9.59 Å². The number of hydrogen-bond donors (Lipinski definition) is 1. The van der Waals surface area contributed by atoms with Gasteiger partial charge >= 0.3 is 5.97 Å². The minimum atomic E-state index is -0.569. The molecule has 0 saturated carbocycles. The summed E-state index contributed by atoms with van der Waals surface area (Å²) in [5.41, 5.74) is 2.43. The van der Waals surface area contributed by atoms with Crippen LogP contribution in [0.5, 0.6) is 5.75 Å². The van der Waals surface area contributed by atoms with E-state index in [2.05, 4.69) is 31.3 Å². The van der Waals surface area contributed by atoms with E-state index in [1.54, 1.807) is 0 Å². The molecule has 0 aliphatic rings. The Kier molecular flexibility index (Phi) is 8.53. The van der Waals surface area contributed by atoms with Crippen molar-refractivity contribution in [3.8, 4) is 5.75 Å². The molecule has 1 amide bonds. The molecule has 5 heteroatoms. The van der Waals surface area contributed by atoms with Crippen LogP contribution in [0.2, 0.25) is 0 Å². The van der Waals surface area contributed by atoms with E-state index < -0.39 is 5.97 Å². The number of nitrogens with one attached hydrogen (secondary N) is 1. The number of amides is 1. The lowest BCUT2D eigenvalue weighted by molar-refractivity contribution is -0.150. The van der Waals surface area contributed by atoms with Gasteiger partial charge in [0.1, 0.15) is 5.75 Å². The number of aryl methyl sites for hydroxylation is 1. The number of carbonyl (C=O) groups excluding carboxylic acids is 2.